The molecular weight excluding hydrogens is 855 g/mol. The van der Waals surface area contributed by atoms with E-state index in [0.717, 1.165) is 51.0 Å². The van der Waals surface area contributed by atoms with E-state index in [1.165, 1.54) is 82.9 Å². The molecule has 1 atom stereocenters. The summed E-state index contributed by atoms with van der Waals surface area (Å²) in [5.74, 6) is 0.630. The van der Waals surface area contributed by atoms with E-state index in [1.807, 2.05) is 18.5 Å². The number of allylic oxidation sites excluding steroid dienone is 6. The van der Waals surface area contributed by atoms with Crippen molar-refractivity contribution in [2.75, 3.05) is 4.90 Å². The highest BCUT2D eigenvalue weighted by Crippen LogP contribution is 2.58. The molecule has 0 bridgehead atoms. The van der Waals surface area contributed by atoms with Crippen molar-refractivity contribution in [1.29, 1.82) is 0 Å². The Morgan fingerprint density at radius 2 is 1.34 bits per heavy atom. The summed E-state index contributed by atoms with van der Waals surface area (Å²) < 4.78 is 13.2. The van der Waals surface area contributed by atoms with Crippen LogP contribution in [0.1, 0.15) is 108 Å². The SMILES string of the molecule is C=C(/C=C\C1=CC(C)(C)c2cc3c(cc21)C(C)(C)c1ccc2oc4ccccc4c2c1-3)N(c1ncccn1)C1C=CC2=C(C1)C(C)(C)c1cc(-c3ccc(C(C)(C)C)cc3)c3oc4ccccc4c3c12. The molecule has 3 aromatic heterocycles. The summed E-state index contributed by atoms with van der Waals surface area (Å²) in [7, 11) is 0. The Kier molecular flexibility index (Phi) is 8.84. The zero-order valence-electron chi connectivity index (χ0n) is 41.6. The van der Waals surface area contributed by atoms with Gasteiger partial charge in [0.2, 0.25) is 5.95 Å². The van der Waals surface area contributed by atoms with Gasteiger partial charge in [0.15, 0.2) is 0 Å². The minimum Gasteiger partial charge on any atom is -0.456 e. The van der Waals surface area contributed by atoms with Crippen molar-refractivity contribution in [3.63, 3.8) is 0 Å². The fourth-order valence-electron chi connectivity index (χ4n) is 12.6. The van der Waals surface area contributed by atoms with Crippen LogP contribution in [-0.4, -0.2) is 16.0 Å². The average molecular weight is 912 g/mol. The lowest BCUT2D eigenvalue weighted by molar-refractivity contribution is 0.579. The Labute approximate surface area is 410 Å². The van der Waals surface area contributed by atoms with E-state index in [4.69, 9.17) is 25.4 Å². The van der Waals surface area contributed by atoms with Crippen molar-refractivity contribution < 1.29 is 8.83 Å². The standard InChI is InChI=1S/C65H57N3O2/c1-37(20-21-39-36-63(5,6)49-35-47-51(33-45(39)49)64(7,8)48-28-29-55-58(57(47)48)43-16-11-13-18-53(43)69-55)68(61-66-30-15-31-67-61)41-26-27-42-50(32-41)65(9,10)52-34-46(38-22-24-40(25-23-38)62(2,3)4)60-59(56(42)52)44-17-12-14-19-54(44)70-60/h11-31,33-36,41H,1,32H2,2-10H3/b21-20-. The molecule has 9 aromatic rings. The van der Waals surface area contributed by atoms with E-state index in [0.29, 0.717) is 5.95 Å². The molecule has 13 rings (SSSR count). The molecule has 344 valence electrons. The van der Waals surface area contributed by atoms with Gasteiger partial charge in [0.25, 0.3) is 0 Å². The lowest BCUT2D eigenvalue weighted by Gasteiger charge is -2.35. The molecule has 0 fully saturated rings. The number of nitrogens with zero attached hydrogens (tertiary/aromatic N) is 3. The van der Waals surface area contributed by atoms with Crippen LogP contribution >= 0.6 is 0 Å². The third-order valence-electron chi connectivity index (χ3n) is 16.3. The second-order valence-electron chi connectivity index (χ2n) is 22.7. The molecule has 0 spiro atoms. The van der Waals surface area contributed by atoms with Gasteiger partial charge in [-0.25, -0.2) is 9.97 Å². The maximum atomic E-state index is 6.84. The van der Waals surface area contributed by atoms with Crippen LogP contribution in [0.25, 0.3) is 77.3 Å². The van der Waals surface area contributed by atoms with Crippen molar-refractivity contribution in [2.24, 2.45) is 0 Å². The highest BCUT2D eigenvalue weighted by Gasteiger charge is 2.44. The van der Waals surface area contributed by atoms with Crippen LogP contribution in [0.4, 0.5) is 5.95 Å². The first-order chi connectivity index (χ1) is 33.5. The maximum absolute atomic E-state index is 6.84. The van der Waals surface area contributed by atoms with Crippen LogP contribution in [0.2, 0.25) is 0 Å². The molecule has 1 unspecified atom stereocenters. The largest absolute Gasteiger partial charge is 0.456 e. The Morgan fingerprint density at radius 3 is 2.07 bits per heavy atom. The fourth-order valence-corrected chi connectivity index (χ4v) is 12.6. The van der Waals surface area contributed by atoms with Crippen molar-refractivity contribution in [2.45, 2.75) is 96.4 Å². The van der Waals surface area contributed by atoms with Gasteiger partial charge < -0.3 is 13.7 Å². The van der Waals surface area contributed by atoms with Crippen molar-refractivity contribution in [3.8, 4) is 22.3 Å². The molecule has 6 aromatic carbocycles. The molecule has 5 nitrogen and oxygen atoms in total. The summed E-state index contributed by atoms with van der Waals surface area (Å²) in [6, 6.07) is 39.6. The number of hydrogen-bond acceptors (Lipinski definition) is 5. The number of para-hydroxylation sites is 2. The van der Waals surface area contributed by atoms with Gasteiger partial charge in [-0.3, -0.25) is 0 Å². The second kappa shape index (κ2) is 14.5. The first kappa shape index (κ1) is 42.6. The average Bonchev–Trinajstić information content (AvgIpc) is 4.10. The number of rotatable bonds is 6. The molecule has 0 saturated heterocycles. The van der Waals surface area contributed by atoms with Crippen molar-refractivity contribution in [1.82, 2.24) is 9.97 Å². The molecule has 4 aliphatic rings. The Balaban J connectivity index is 0.868. The highest BCUT2D eigenvalue weighted by molar-refractivity contribution is 6.18. The third-order valence-corrected chi connectivity index (χ3v) is 16.3. The Hall–Kier alpha value is -7.50. The first-order valence-electron chi connectivity index (χ1n) is 24.8. The number of benzene rings is 6. The highest BCUT2D eigenvalue weighted by atomic mass is 16.3. The van der Waals surface area contributed by atoms with E-state index in [-0.39, 0.29) is 27.7 Å². The van der Waals surface area contributed by atoms with Gasteiger partial charge in [0, 0.05) is 61.4 Å². The van der Waals surface area contributed by atoms with Crippen LogP contribution in [0.3, 0.4) is 0 Å². The molecule has 0 N–H and O–H groups in total. The molecular formula is C65H57N3O2. The van der Waals surface area contributed by atoms with Crippen LogP contribution in [0.5, 0.6) is 0 Å². The van der Waals surface area contributed by atoms with Crippen molar-refractivity contribution >= 4 is 61.0 Å². The number of anilines is 1. The normalized spacial score (nSPS) is 18.2. The lowest BCUT2D eigenvalue weighted by Crippen LogP contribution is -2.36. The van der Waals surface area contributed by atoms with E-state index >= 15 is 0 Å². The van der Waals surface area contributed by atoms with Gasteiger partial charge in [-0.15, -0.1) is 0 Å². The molecule has 0 aliphatic heterocycles. The minimum absolute atomic E-state index is 0.0614. The number of fused-ring (bicyclic) bond motifs is 14. The number of aromatic nitrogens is 2. The maximum Gasteiger partial charge on any atom is 0.230 e. The van der Waals surface area contributed by atoms with E-state index < -0.39 is 0 Å². The van der Waals surface area contributed by atoms with Gasteiger partial charge in [-0.2, -0.15) is 0 Å². The topological polar surface area (TPSA) is 55.3 Å². The van der Waals surface area contributed by atoms with Crippen LogP contribution in [-0.2, 0) is 21.7 Å². The summed E-state index contributed by atoms with van der Waals surface area (Å²) >= 11 is 0. The zero-order valence-corrected chi connectivity index (χ0v) is 41.6. The first-order valence-corrected chi connectivity index (χ1v) is 24.8. The summed E-state index contributed by atoms with van der Waals surface area (Å²) in [6.07, 6.45) is 16.0. The molecule has 4 aliphatic carbocycles. The lowest BCUT2D eigenvalue weighted by atomic mass is 9.76. The van der Waals surface area contributed by atoms with Gasteiger partial charge in [-0.1, -0.05) is 160 Å². The van der Waals surface area contributed by atoms with E-state index in [9.17, 15) is 0 Å². The summed E-state index contributed by atoms with van der Waals surface area (Å²) in [6.45, 7) is 25.8. The van der Waals surface area contributed by atoms with Gasteiger partial charge >= 0.3 is 0 Å². The monoisotopic (exact) mass is 911 g/mol. The molecule has 5 heteroatoms. The van der Waals surface area contributed by atoms with Gasteiger partial charge in [-0.05, 0) is 133 Å². The minimum atomic E-state index is -0.269. The van der Waals surface area contributed by atoms with Gasteiger partial charge in [0.1, 0.15) is 22.3 Å². The Bertz CT molecular complexity index is 3880. The molecule has 0 saturated carbocycles. The van der Waals surface area contributed by atoms with Crippen LogP contribution < -0.4 is 4.90 Å². The zero-order chi connectivity index (χ0) is 48.2. The third kappa shape index (κ3) is 6.03. The predicted molar refractivity (Wildman–Crippen MR) is 290 cm³/mol. The molecule has 3 heterocycles. The fraction of sp³-hybridized carbons (Fsp3) is 0.231. The predicted octanol–water partition coefficient (Wildman–Crippen LogP) is 16.9. The molecule has 0 amide bonds. The summed E-state index contributed by atoms with van der Waals surface area (Å²) in [4.78, 5) is 11.9. The van der Waals surface area contributed by atoms with E-state index in [1.54, 1.807) is 0 Å². The Morgan fingerprint density at radius 1 is 0.671 bits per heavy atom. The summed E-state index contributed by atoms with van der Waals surface area (Å²) in [5, 5.41) is 4.71. The smallest absolute Gasteiger partial charge is 0.230 e. The second-order valence-corrected chi connectivity index (χ2v) is 22.7. The number of hydrogen-bond donors (Lipinski definition) is 0. The van der Waals surface area contributed by atoms with E-state index in [2.05, 4.69) is 201 Å². The van der Waals surface area contributed by atoms with Gasteiger partial charge in [0.05, 0.1) is 6.04 Å². The quantitative estimate of drug-likeness (QED) is 0.156. The molecule has 0 radical (unpaired) electrons. The summed E-state index contributed by atoms with van der Waals surface area (Å²) in [5.41, 5.74) is 21.9. The van der Waals surface area contributed by atoms with Crippen molar-refractivity contribution in [3.05, 3.63) is 209 Å². The van der Waals surface area contributed by atoms with Crippen LogP contribution in [0.15, 0.2) is 179 Å². The van der Waals surface area contributed by atoms with Crippen LogP contribution in [0, 0.1) is 0 Å². The number of furan rings is 2. The molecule has 70 heavy (non-hydrogen) atoms.